The first kappa shape index (κ1) is 30.7. The second kappa shape index (κ2) is 18.6. The molecule has 0 spiro atoms. The van der Waals surface area contributed by atoms with E-state index in [1.165, 1.54) is 119 Å². The van der Waals surface area contributed by atoms with E-state index < -0.39 is 0 Å². The third kappa shape index (κ3) is 12.1. The fraction of sp³-hybridized carbons (Fsp3) is 0.639. The molecular weight excluding hydrogens is 432 g/mol. The van der Waals surface area contributed by atoms with Gasteiger partial charge < -0.3 is 0 Å². The molecule has 0 aromatic heterocycles. The van der Waals surface area contributed by atoms with Crippen molar-refractivity contribution in [2.24, 2.45) is 5.92 Å². The predicted octanol–water partition coefficient (Wildman–Crippen LogP) is 10.9. The molecule has 1 atom stereocenters. The van der Waals surface area contributed by atoms with Gasteiger partial charge in [-0.05, 0) is 90.7 Å². The summed E-state index contributed by atoms with van der Waals surface area (Å²) in [5, 5.41) is 0. The van der Waals surface area contributed by atoms with Crippen LogP contribution in [0, 0.1) is 12.3 Å². The Kier molecular flexibility index (Phi) is 15.9. The van der Waals surface area contributed by atoms with E-state index >= 15 is 0 Å². The van der Waals surface area contributed by atoms with E-state index in [9.17, 15) is 0 Å². The standard InChI is InChI=1S/C36H57/c1-6-11-12-13-14-15-20-30(23-36-28-33(18-9-4)25-34(29-36)19-10-5)21-22-35-26-31(16-7-2)24-32(27-35)17-8-3/h21,24-30H,6-20,22-23H2,1-5H3. The number of hydrogen-bond donors (Lipinski definition) is 0. The van der Waals surface area contributed by atoms with Crippen LogP contribution < -0.4 is 0 Å². The van der Waals surface area contributed by atoms with Crippen LogP contribution in [0.4, 0.5) is 0 Å². The molecule has 1 unspecified atom stereocenters. The Morgan fingerprint density at radius 3 is 1.36 bits per heavy atom. The molecule has 0 N–H and O–H groups in total. The van der Waals surface area contributed by atoms with E-state index in [0.29, 0.717) is 5.92 Å². The Morgan fingerprint density at radius 2 is 0.889 bits per heavy atom. The third-order valence-electron chi connectivity index (χ3n) is 7.49. The monoisotopic (exact) mass is 489 g/mol. The van der Waals surface area contributed by atoms with Gasteiger partial charge in [0.2, 0.25) is 0 Å². The molecule has 0 amide bonds. The minimum absolute atomic E-state index is 0.673. The van der Waals surface area contributed by atoms with Gasteiger partial charge >= 0.3 is 0 Å². The Labute approximate surface area is 225 Å². The first-order valence-corrected chi connectivity index (χ1v) is 15.7. The van der Waals surface area contributed by atoms with Gasteiger partial charge in [-0.25, -0.2) is 0 Å². The molecule has 0 saturated heterocycles. The summed E-state index contributed by atoms with van der Waals surface area (Å²) in [4.78, 5) is 0. The van der Waals surface area contributed by atoms with Crippen molar-refractivity contribution in [2.45, 2.75) is 144 Å². The minimum Gasteiger partial charge on any atom is -0.0654 e. The van der Waals surface area contributed by atoms with Crippen molar-refractivity contribution in [3.63, 3.8) is 0 Å². The van der Waals surface area contributed by atoms with E-state index in [0.717, 1.165) is 6.42 Å². The minimum atomic E-state index is 0.673. The summed E-state index contributed by atoms with van der Waals surface area (Å²) in [6, 6.07) is 14.9. The Balaban J connectivity index is 2.13. The van der Waals surface area contributed by atoms with Crippen molar-refractivity contribution < 1.29 is 0 Å². The van der Waals surface area contributed by atoms with Gasteiger partial charge in [0.05, 0.1) is 0 Å². The molecule has 1 radical (unpaired) electrons. The molecule has 0 heterocycles. The molecule has 0 fully saturated rings. The first-order valence-electron chi connectivity index (χ1n) is 15.7. The summed E-state index contributed by atoms with van der Waals surface area (Å²) in [6.45, 7) is 11.5. The topological polar surface area (TPSA) is 0 Å². The maximum atomic E-state index is 2.68. The van der Waals surface area contributed by atoms with Gasteiger partial charge in [-0.2, -0.15) is 0 Å². The molecule has 0 bridgehead atoms. The van der Waals surface area contributed by atoms with Gasteiger partial charge in [0.1, 0.15) is 0 Å². The Hall–Kier alpha value is -1.56. The van der Waals surface area contributed by atoms with Gasteiger partial charge in [0, 0.05) is 0 Å². The molecular formula is C36H57. The molecule has 0 aliphatic rings. The average molecular weight is 490 g/mol. The third-order valence-corrected chi connectivity index (χ3v) is 7.49. The zero-order chi connectivity index (χ0) is 26.0. The van der Waals surface area contributed by atoms with E-state index in [-0.39, 0.29) is 0 Å². The predicted molar refractivity (Wildman–Crippen MR) is 162 cm³/mol. The number of unbranched alkanes of at least 4 members (excludes halogenated alkanes) is 5. The molecule has 0 heteroatoms. The molecule has 2 rings (SSSR count). The van der Waals surface area contributed by atoms with Crippen molar-refractivity contribution in [1.82, 2.24) is 0 Å². The van der Waals surface area contributed by atoms with Crippen LogP contribution >= 0.6 is 0 Å². The SMILES string of the molecule is CCCCCCCCC([CH]Cc1cc(CCC)cc(CCC)c1)Cc1cc(CCC)cc(CCC)c1. The lowest BCUT2D eigenvalue weighted by atomic mass is 9.86. The molecule has 0 nitrogen and oxygen atoms in total. The maximum Gasteiger partial charge on any atom is -0.0245 e. The quantitative estimate of drug-likeness (QED) is 0.162. The highest BCUT2D eigenvalue weighted by atomic mass is 14.2. The van der Waals surface area contributed by atoms with E-state index in [1.54, 1.807) is 16.7 Å². The van der Waals surface area contributed by atoms with Crippen LogP contribution in [0.1, 0.15) is 139 Å². The van der Waals surface area contributed by atoms with Crippen molar-refractivity contribution in [3.8, 4) is 0 Å². The average Bonchev–Trinajstić information content (AvgIpc) is 2.85. The maximum absolute atomic E-state index is 2.68. The fourth-order valence-electron chi connectivity index (χ4n) is 5.74. The van der Waals surface area contributed by atoms with E-state index in [1.807, 2.05) is 0 Å². The van der Waals surface area contributed by atoms with Crippen molar-refractivity contribution in [2.75, 3.05) is 0 Å². The highest BCUT2D eigenvalue weighted by Gasteiger charge is 2.13. The molecule has 2 aromatic rings. The highest BCUT2D eigenvalue weighted by Crippen LogP contribution is 2.25. The molecule has 2 aromatic carbocycles. The number of hydrogen-bond acceptors (Lipinski definition) is 0. The van der Waals surface area contributed by atoms with Crippen LogP contribution in [-0.2, 0) is 38.5 Å². The molecule has 201 valence electrons. The summed E-state index contributed by atoms with van der Waals surface area (Å²) in [6.07, 6.45) is 24.4. The fourth-order valence-corrected chi connectivity index (χ4v) is 5.74. The number of benzene rings is 2. The lowest BCUT2D eigenvalue weighted by Crippen LogP contribution is -2.09. The van der Waals surface area contributed by atoms with Crippen molar-refractivity contribution in [3.05, 3.63) is 76.2 Å². The van der Waals surface area contributed by atoms with Gasteiger partial charge in [0.15, 0.2) is 0 Å². The zero-order valence-corrected chi connectivity index (χ0v) is 24.6. The van der Waals surface area contributed by atoms with Crippen LogP contribution in [0.25, 0.3) is 0 Å². The van der Waals surface area contributed by atoms with Crippen molar-refractivity contribution >= 4 is 0 Å². The van der Waals surface area contributed by atoms with Gasteiger partial charge in [-0.3, -0.25) is 0 Å². The lowest BCUT2D eigenvalue weighted by Gasteiger charge is -2.19. The summed E-state index contributed by atoms with van der Waals surface area (Å²) >= 11 is 0. The second-order valence-corrected chi connectivity index (χ2v) is 11.3. The van der Waals surface area contributed by atoms with E-state index in [4.69, 9.17) is 0 Å². The molecule has 0 saturated carbocycles. The number of rotatable bonds is 20. The smallest absolute Gasteiger partial charge is 0.0245 e. The summed E-state index contributed by atoms with van der Waals surface area (Å²) < 4.78 is 0. The first-order chi connectivity index (χ1) is 17.6. The summed E-state index contributed by atoms with van der Waals surface area (Å²) in [5.74, 6) is 0.673. The highest BCUT2D eigenvalue weighted by molar-refractivity contribution is 5.33. The summed E-state index contributed by atoms with van der Waals surface area (Å²) in [5.41, 5.74) is 9.28. The lowest BCUT2D eigenvalue weighted by molar-refractivity contribution is 0.488. The van der Waals surface area contributed by atoms with Gasteiger partial charge in [0.25, 0.3) is 0 Å². The van der Waals surface area contributed by atoms with Crippen LogP contribution in [0.2, 0.25) is 0 Å². The second-order valence-electron chi connectivity index (χ2n) is 11.3. The Morgan fingerprint density at radius 1 is 0.472 bits per heavy atom. The molecule has 0 aliphatic carbocycles. The van der Waals surface area contributed by atoms with Crippen LogP contribution in [0.5, 0.6) is 0 Å². The van der Waals surface area contributed by atoms with Crippen LogP contribution in [0.3, 0.4) is 0 Å². The van der Waals surface area contributed by atoms with Crippen LogP contribution in [-0.4, -0.2) is 0 Å². The molecule has 0 aliphatic heterocycles. The zero-order valence-electron chi connectivity index (χ0n) is 24.6. The Bertz CT molecular complexity index is 781. The summed E-state index contributed by atoms with van der Waals surface area (Å²) in [7, 11) is 0. The molecule has 36 heavy (non-hydrogen) atoms. The largest absolute Gasteiger partial charge is 0.0654 e. The van der Waals surface area contributed by atoms with Gasteiger partial charge in [-0.1, -0.05) is 135 Å². The van der Waals surface area contributed by atoms with E-state index in [2.05, 4.69) is 77.4 Å². The normalized spacial score (nSPS) is 12.2. The number of aryl methyl sites for hydroxylation is 4. The van der Waals surface area contributed by atoms with Crippen molar-refractivity contribution in [1.29, 1.82) is 0 Å². The van der Waals surface area contributed by atoms with Crippen LogP contribution in [0.15, 0.2) is 36.4 Å². The van der Waals surface area contributed by atoms with Gasteiger partial charge in [-0.15, -0.1) is 0 Å².